The standard InChI is InChI=1S/C25H32N2O4/c1-5-6-13-26-24(28)22-16-27(25(29)19-10-8-7-9-17(19)2)15-21(22)20-14-18(30-3)11-12-23(20)31-4/h7-12,14,21-22H,5-6,13,15-16H2,1-4H3,(H,26,28)/t21-,22-/m0/s1. The van der Waals surface area contributed by atoms with Gasteiger partial charge in [-0.3, -0.25) is 9.59 Å². The molecule has 6 heteroatoms. The van der Waals surface area contributed by atoms with E-state index in [4.69, 9.17) is 9.47 Å². The quantitative estimate of drug-likeness (QED) is 0.655. The minimum atomic E-state index is -0.356. The van der Waals surface area contributed by atoms with Crippen molar-refractivity contribution in [1.82, 2.24) is 10.2 Å². The van der Waals surface area contributed by atoms with Gasteiger partial charge in [-0.25, -0.2) is 0 Å². The minimum absolute atomic E-state index is 0.0246. The van der Waals surface area contributed by atoms with Crippen LogP contribution >= 0.6 is 0 Å². The first-order chi connectivity index (χ1) is 15.0. The van der Waals surface area contributed by atoms with E-state index in [9.17, 15) is 9.59 Å². The zero-order chi connectivity index (χ0) is 22.4. The predicted molar refractivity (Wildman–Crippen MR) is 121 cm³/mol. The van der Waals surface area contributed by atoms with Crippen LogP contribution in [0, 0.1) is 12.8 Å². The Kier molecular flexibility index (Phi) is 7.55. The number of amides is 2. The Labute approximate surface area is 184 Å². The lowest BCUT2D eigenvalue weighted by Gasteiger charge is -2.21. The number of carbonyl (C=O) groups excluding carboxylic acids is 2. The van der Waals surface area contributed by atoms with Crippen LogP contribution < -0.4 is 14.8 Å². The molecule has 0 saturated carbocycles. The van der Waals surface area contributed by atoms with Crippen LogP contribution in [0.5, 0.6) is 11.5 Å². The summed E-state index contributed by atoms with van der Waals surface area (Å²) in [5.74, 6) is 0.787. The molecule has 3 rings (SSSR count). The van der Waals surface area contributed by atoms with Gasteiger partial charge in [0.2, 0.25) is 5.91 Å². The largest absolute Gasteiger partial charge is 0.497 e. The number of methoxy groups -OCH3 is 2. The Balaban J connectivity index is 1.94. The predicted octanol–water partition coefficient (Wildman–Crippen LogP) is 3.78. The SMILES string of the molecule is CCCCNC(=O)[C@H]1CN(C(=O)c2ccccc2C)C[C@H]1c1cc(OC)ccc1OC. The lowest BCUT2D eigenvalue weighted by molar-refractivity contribution is -0.124. The van der Waals surface area contributed by atoms with Gasteiger partial charge >= 0.3 is 0 Å². The van der Waals surface area contributed by atoms with Crippen molar-refractivity contribution in [3.63, 3.8) is 0 Å². The van der Waals surface area contributed by atoms with Crippen molar-refractivity contribution >= 4 is 11.8 Å². The van der Waals surface area contributed by atoms with E-state index in [1.165, 1.54) is 0 Å². The summed E-state index contributed by atoms with van der Waals surface area (Å²) in [6.07, 6.45) is 1.94. The summed E-state index contributed by atoms with van der Waals surface area (Å²) in [5, 5.41) is 3.05. The molecule has 1 heterocycles. The zero-order valence-corrected chi connectivity index (χ0v) is 18.8. The van der Waals surface area contributed by atoms with Gasteiger partial charge in [-0.2, -0.15) is 0 Å². The molecule has 1 aliphatic heterocycles. The molecule has 0 unspecified atom stereocenters. The van der Waals surface area contributed by atoms with Crippen molar-refractivity contribution in [3.8, 4) is 11.5 Å². The van der Waals surface area contributed by atoms with Crippen LogP contribution in [0.25, 0.3) is 0 Å². The van der Waals surface area contributed by atoms with Crippen molar-refractivity contribution in [1.29, 1.82) is 0 Å². The van der Waals surface area contributed by atoms with Crippen LogP contribution in [0.4, 0.5) is 0 Å². The molecule has 2 atom stereocenters. The van der Waals surface area contributed by atoms with Gasteiger partial charge in [0, 0.05) is 36.7 Å². The van der Waals surface area contributed by atoms with Gasteiger partial charge in [-0.05, 0) is 43.2 Å². The fraction of sp³-hybridized carbons (Fsp3) is 0.440. The van der Waals surface area contributed by atoms with Gasteiger partial charge in [-0.1, -0.05) is 31.5 Å². The molecule has 0 radical (unpaired) electrons. The summed E-state index contributed by atoms with van der Waals surface area (Å²) in [6, 6.07) is 13.2. The molecular formula is C25H32N2O4. The van der Waals surface area contributed by atoms with Crippen molar-refractivity contribution in [2.24, 2.45) is 5.92 Å². The highest BCUT2D eigenvalue weighted by molar-refractivity contribution is 5.96. The highest BCUT2D eigenvalue weighted by Gasteiger charge is 2.42. The van der Waals surface area contributed by atoms with E-state index < -0.39 is 0 Å². The first kappa shape index (κ1) is 22.7. The number of nitrogens with zero attached hydrogens (tertiary/aromatic N) is 1. The van der Waals surface area contributed by atoms with E-state index in [1.54, 1.807) is 19.1 Å². The van der Waals surface area contributed by atoms with Crippen molar-refractivity contribution in [2.75, 3.05) is 33.9 Å². The number of benzene rings is 2. The first-order valence-corrected chi connectivity index (χ1v) is 10.8. The van der Waals surface area contributed by atoms with E-state index in [-0.39, 0.29) is 23.7 Å². The number of hydrogen-bond acceptors (Lipinski definition) is 4. The molecule has 0 spiro atoms. The average Bonchev–Trinajstić information content (AvgIpc) is 3.24. The zero-order valence-electron chi connectivity index (χ0n) is 18.8. The van der Waals surface area contributed by atoms with Gasteiger partial charge in [0.1, 0.15) is 11.5 Å². The Hall–Kier alpha value is -3.02. The summed E-state index contributed by atoms with van der Waals surface area (Å²) < 4.78 is 11.0. The third kappa shape index (κ3) is 5.01. The fourth-order valence-corrected chi connectivity index (χ4v) is 4.18. The van der Waals surface area contributed by atoms with Crippen LogP contribution in [-0.2, 0) is 4.79 Å². The first-order valence-electron chi connectivity index (χ1n) is 10.8. The maximum Gasteiger partial charge on any atom is 0.254 e. The lowest BCUT2D eigenvalue weighted by atomic mass is 9.87. The monoisotopic (exact) mass is 424 g/mol. The summed E-state index contributed by atoms with van der Waals surface area (Å²) in [4.78, 5) is 28.2. The van der Waals surface area contributed by atoms with Crippen LogP contribution in [0.2, 0.25) is 0 Å². The third-order valence-corrected chi connectivity index (χ3v) is 5.99. The molecule has 166 valence electrons. The number of aryl methyl sites for hydroxylation is 1. The van der Waals surface area contributed by atoms with Crippen molar-refractivity contribution < 1.29 is 19.1 Å². The number of nitrogens with one attached hydrogen (secondary N) is 1. The molecule has 0 aliphatic carbocycles. The number of ether oxygens (including phenoxy) is 2. The summed E-state index contributed by atoms with van der Waals surface area (Å²) in [6.45, 7) is 5.48. The second-order valence-electron chi connectivity index (χ2n) is 7.99. The maximum atomic E-state index is 13.3. The van der Waals surface area contributed by atoms with Gasteiger partial charge in [-0.15, -0.1) is 0 Å². The molecule has 1 aliphatic rings. The molecule has 6 nitrogen and oxygen atoms in total. The molecular weight excluding hydrogens is 392 g/mol. The number of unbranched alkanes of at least 4 members (excludes halogenated alkanes) is 1. The molecule has 2 aromatic rings. The van der Waals surface area contributed by atoms with Crippen LogP contribution in [0.1, 0.15) is 47.2 Å². The smallest absolute Gasteiger partial charge is 0.254 e. The second-order valence-corrected chi connectivity index (χ2v) is 7.99. The molecule has 2 aromatic carbocycles. The summed E-state index contributed by atoms with van der Waals surface area (Å²) in [7, 11) is 3.23. The molecule has 0 bridgehead atoms. The maximum absolute atomic E-state index is 13.3. The normalized spacial score (nSPS) is 18.0. The van der Waals surface area contributed by atoms with Crippen LogP contribution in [0.3, 0.4) is 0 Å². The van der Waals surface area contributed by atoms with E-state index in [0.717, 1.165) is 24.0 Å². The Morgan fingerprint density at radius 2 is 1.87 bits per heavy atom. The van der Waals surface area contributed by atoms with E-state index in [1.807, 2.05) is 49.4 Å². The summed E-state index contributed by atoms with van der Waals surface area (Å²) in [5.41, 5.74) is 2.49. The molecule has 0 aromatic heterocycles. The number of hydrogen-bond donors (Lipinski definition) is 1. The number of likely N-dealkylation sites (tertiary alicyclic amines) is 1. The van der Waals surface area contributed by atoms with E-state index in [2.05, 4.69) is 12.2 Å². The third-order valence-electron chi connectivity index (χ3n) is 5.99. The van der Waals surface area contributed by atoms with E-state index >= 15 is 0 Å². The lowest BCUT2D eigenvalue weighted by Crippen LogP contribution is -2.36. The Morgan fingerprint density at radius 3 is 2.55 bits per heavy atom. The molecule has 1 N–H and O–H groups in total. The molecule has 1 saturated heterocycles. The van der Waals surface area contributed by atoms with Gasteiger partial charge in [0.25, 0.3) is 5.91 Å². The van der Waals surface area contributed by atoms with Crippen LogP contribution in [-0.4, -0.2) is 50.6 Å². The Morgan fingerprint density at radius 1 is 1.10 bits per heavy atom. The van der Waals surface area contributed by atoms with E-state index in [0.29, 0.717) is 36.7 Å². The topological polar surface area (TPSA) is 67.9 Å². The van der Waals surface area contributed by atoms with Crippen molar-refractivity contribution in [2.45, 2.75) is 32.6 Å². The fourth-order valence-electron chi connectivity index (χ4n) is 4.18. The van der Waals surface area contributed by atoms with Gasteiger partial charge in [0.05, 0.1) is 20.1 Å². The number of carbonyl (C=O) groups is 2. The van der Waals surface area contributed by atoms with Crippen LogP contribution in [0.15, 0.2) is 42.5 Å². The average molecular weight is 425 g/mol. The van der Waals surface area contributed by atoms with Gasteiger partial charge in [0.15, 0.2) is 0 Å². The van der Waals surface area contributed by atoms with Gasteiger partial charge < -0.3 is 19.7 Å². The molecule has 1 fully saturated rings. The van der Waals surface area contributed by atoms with Crippen molar-refractivity contribution in [3.05, 3.63) is 59.2 Å². The molecule has 31 heavy (non-hydrogen) atoms. The summed E-state index contributed by atoms with van der Waals surface area (Å²) >= 11 is 0. The highest BCUT2D eigenvalue weighted by atomic mass is 16.5. The molecule has 2 amide bonds. The second kappa shape index (κ2) is 10.3. The Bertz CT molecular complexity index is 927. The minimum Gasteiger partial charge on any atom is -0.497 e. The number of rotatable bonds is 8. The highest BCUT2D eigenvalue weighted by Crippen LogP contribution is 2.40.